The van der Waals surface area contributed by atoms with Gasteiger partial charge in [-0.2, -0.15) is 0 Å². The number of carbonyl (C=O) groups is 3. The van der Waals surface area contributed by atoms with Crippen LogP contribution in [-0.2, 0) is 16.1 Å². The molecule has 2 aliphatic heterocycles. The fourth-order valence-corrected chi connectivity index (χ4v) is 4.33. The van der Waals surface area contributed by atoms with Crippen LogP contribution in [0.5, 0.6) is 0 Å². The molecule has 0 aromatic heterocycles. The molecule has 1 atom stereocenters. The molecular formula is C22H22FN3O3. The fraction of sp³-hybridized carbons (Fsp3) is 0.318. The van der Waals surface area contributed by atoms with Crippen molar-refractivity contribution in [2.45, 2.75) is 44.9 Å². The molecule has 29 heavy (non-hydrogen) atoms. The Hall–Kier alpha value is -3.22. The van der Waals surface area contributed by atoms with Crippen molar-refractivity contribution in [2.75, 3.05) is 4.90 Å². The van der Waals surface area contributed by atoms with Crippen LogP contribution in [0.2, 0.25) is 0 Å². The lowest BCUT2D eigenvalue weighted by atomic mass is 9.94. The minimum absolute atomic E-state index is 0.171. The molecule has 0 aliphatic carbocycles. The Morgan fingerprint density at radius 3 is 2.52 bits per heavy atom. The highest BCUT2D eigenvalue weighted by Crippen LogP contribution is 2.45. The van der Waals surface area contributed by atoms with Crippen molar-refractivity contribution < 1.29 is 18.8 Å². The first-order valence-corrected chi connectivity index (χ1v) is 9.65. The van der Waals surface area contributed by atoms with Crippen LogP contribution in [0, 0.1) is 5.82 Å². The summed E-state index contributed by atoms with van der Waals surface area (Å²) in [4.78, 5) is 42.6. The molecule has 1 unspecified atom stereocenters. The maximum Gasteiger partial charge on any atom is 0.267 e. The van der Waals surface area contributed by atoms with E-state index < -0.39 is 11.6 Å². The summed E-state index contributed by atoms with van der Waals surface area (Å²) in [6.07, 6.45) is 0.397. The van der Waals surface area contributed by atoms with E-state index in [0.29, 0.717) is 11.3 Å². The van der Waals surface area contributed by atoms with Crippen molar-refractivity contribution in [2.24, 2.45) is 0 Å². The van der Waals surface area contributed by atoms with Crippen LogP contribution in [0.15, 0.2) is 48.5 Å². The number of carbonyl (C=O) groups excluding carboxylic acids is 3. The largest absolute Gasteiger partial charge is 0.348 e. The first kappa shape index (κ1) is 19.1. The minimum Gasteiger partial charge on any atom is -0.348 e. The Morgan fingerprint density at radius 2 is 1.83 bits per heavy atom. The van der Waals surface area contributed by atoms with Crippen molar-refractivity contribution in [3.8, 4) is 0 Å². The Kier molecular flexibility index (Phi) is 4.61. The van der Waals surface area contributed by atoms with Gasteiger partial charge in [-0.25, -0.2) is 4.39 Å². The van der Waals surface area contributed by atoms with Gasteiger partial charge in [0.25, 0.3) is 11.8 Å². The third kappa shape index (κ3) is 2.88. The van der Waals surface area contributed by atoms with Gasteiger partial charge in [0.2, 0.25) is 11.6 Å². The van der Waals surface area contributed by atoms with E-state index in [1.807, 2.05) is 13.8 Å². The van der Waals surface area contributed by atoms with Crippen molar-refractivity contribution in [1.29, 1.82) is 0 Å². The van der Waals surface area contributed by atoms with Gasteiger partial charge < -0.3 is 10.2 Å². The van der Waals surface area contributed by atoms with Crippen LogP contribution in [0.4, 0.5) is 10.1 Å². The highest BCUT2D eigenvalue weighted by Gasteiger charge is 2.61. The number of halogens is 1. The molecule has 2 aromatic carbocycles. The number of nitrogens with one attached hydrogen (secondary N) is 1. The lowest BCUT2D eigenvalue weighted by Crippen LogP contribution is -2.71. The normalized spacial score (nSPS) is 20.7. The van der Waals surface area contributed by atoms with Crippen LogP contribution >= 0.6 is 0 Å². The summed E-state index contributed by atoms with van der Waals surface area (Å²) in [5.41, 5.74) is 0.203. The topological polar surface area (TPSA) is 69.7 Å². The zero-order valence-corrected chi connectivity index (χ0v) is 16.3. The zero-order valence-electron chi connectivity index (χ0n) is 16.3. The SMILES string of the molecule is CC(C)N1C(=O)c2ccccc2N2C(=O)CCC21C(=O)NCc1ccc(F)cc1. The fourth-order valence-electron chi connectivity index (χ4n) is 4.33. The maximum atomic E-state index is 13.5. The molecule has 1 N–H and O–H groups in total. The van der Waals surface area contributed by atoms with Crippen LogP contribution in [0.25, 0.3) is 0 Å². The lowest BCUT2D eigenvalue weighted by Gasteiger charge is -2.50. The molecule has 0 bridgehead atoms. The minimum atomic E-state index is -1.41. The Bertz CT molecular complexity index is 989. The number of benzene rings is 2. The summed E-state index contributed by atoms with van der Waals surface area (Å²) in [5.74, 6) is -1.22. The number of para-hydroxylation sites is 1. The first-order valence-electron chi connectivity index (χ1n) is 9.65. The first-order chi connectivity index (χ1) is 13.9. The van der Waals surface area contributed by atoms with Crippen LogP contribution in [0.3, 0.4) is 0 Å². The van der Waals surface area contributed by atoms with Crippen molar-refractivity contribution in [3.63, 3.8) is 0 Å². The summed E-state index contributed by atoms with van der Waals surface area (Å²) in [5, 5.41) is 2.86. The molecule has 2 aromatic rings. The van der Waals surface area contributed by atoms with E-state index in [1.54, 1.807) is 36.4 Å². The number of rotatable bonds is 4. The lowest BCUT2D eigenvalue weighted by molar-refractivity contribution is -0.134. The van der Waals surface area contributed by atoms with Gasteiger partial charge in [0.15, 0.2) is 0 Å². The molecular weight excluding hydrogens is 373 g/mol. The summed E-state index contributed by atoms with van der Waals surface area (Å²) in [6.45, 7) is 3.84. The maximum absolute atomic E-state index is 13.5. The predicted molar refractivity (Wildman–Crippen MR) is 105 cm³/mol. The highest BCUT2D eigenvalue weighted by atomic mass is 19.1. The summed E-state index contributed by atoms with van der Waals surface area (Å²) >= 11 is 0. The van der Waals surface area contributed by atoms with Gasteiger partial charge in [-0.1, -0.05) is 24.3 Å². The molecule has 0 spiro atoms. The summed E-state index contributed by atoms with van der Waals surface area (Å²) in [6, 6.07) is 12.4. The number of anilines is 1. The van der Waals surface area contributed by atoms with Gasteiger partial charge in [0.1, 0.15) is 5.82 Å². The van der Waals surface area contributed by atoms with Crippen molar-refractivity contribution >= 4 is 23.4 Å². The molecule has 1 fully saturated rings. The van der Waals surface area contributed by atoms with Gasteiger partial charge in [-0.05, 0) is 43.7 Å². The van der Waals surface area contributed by atoms with E-state index in [1.165, 1.54) is 21.9 Å². The number of fused-ring (bicyclic) bond motifs is 3. The number of hydrogen-bond donors (Lipinski definition) is 1. The molecule has 2 aliphatic rings. The standard InChI is InChI=1S/C22H22FN3O3/c1-14(2)25-20(28)17-5-3-4-6-18(17)26-19(27)11-12-22(25,26)21(29)24-13-15-7-9-16(23)10-8-15/h3-10,14H,11-13H2,1-2H3,(H,24,29). The third-order valence-corrected chi connectivity index (χ3v) is 5.55. The van der Waals surface area contributed by atoms with E-state index >= 15 is 0 Å². The average molecular weight is 395 g/mol. The number of amides is 3. The van der Waals surface area contributed by atoms with E-state index in [0.717, 1.165) is 5.56 Å². The molecule has 150 valence electrons. The second-order valence-electron chi connectivity index (χ2n) is 7.64. The second-order valence-corrected chi connectivity index (χ2v) is 7.64. The monoisotopic (exact) mass is 395 g/mol. The van der Waals surface area contributed by atoms with Gasteiger partial charge in [0.05, 0.1) is 11.3 Å². The average Bonchev–Trinajstić information content (AvgIpc) is 3.05. The molecule has 2 heterocycles. The smallest absolute Gasteiger partial charge is 0.267 e. The predicted octanol–water partition coefficient (Wildman–Crippen LogP) is 2.83. The van der Waals surface area contributed by atoms with E-state index in [-0.39, 0.29) is 43.1 Å². The van der Waals surface area contributed by atoms with Crippen LogP contribution in [0.1, 0.15) is 42.6 Å². The molecule has 6 nitrogen and oxygen atoms in total. The molecule has 7 heteroatoms. The van der Waals surface area contributed by atoms with Gasteiger partial charge in [0, 0.05) is 25.4 Å². The number of nitrogens with zero attached hydrogens (tertiary/aromatic N) is 2. The van der Waals surface area contributed by atoms with Gasteiger partial charge >= 0.3 is 0 Å². The molecule has 3 amide bonds. The Balaban J connectivity index is 1.75. The summed E-state index contributed by atoms with van der Waals surface area (Å²) < 4.78 is 13.1. The van der Waals surface area contributed by atoms with E-state index in [9.17, 15) is 18.8 Å². The quantitative estimate of drug-likeness (QED) is 0.866. The van der Waals surface area contributed by atoms with Crippen LogP contribution < -0.4 is 10.2 Å². The van der Waals surface area contributed by atoms with E-state index in [4.69, 9.17) is 0 Å². The summed E-state index contributed by atoms with van der Waals surface area (Å²) in [7, 11) is 0. The Labute approximate surface area is 168 Å². The van der Waals surface area contributed by atoms with Crippen molar-refractivity contribution in [1.82, 2.24) is 10.2 Å². The number of hydrogen-bond acceptors (Lipinski definition) is 3. The van der Waals surface area contributed by atoms with Gasteiger partial charge in [-0.15, -0.1) is 0 Å². The van der Waals surface area contributed by atoms with Gasteiger partial charge in [-0.3, -0.25) is 19.3 Å². The molecule has 0 radical (unpaired) electrons. The third-order valence-electron chi connectivity index (χ3n) is 5.55. The van der Waals surface area contributed by atoms with Crippen LogP contribution in [-0.4, -0.2) is 34.3 Å². The molecule has 0 saturated carbocycles. The van der Waals surface area contributed by atoms with Crippen molar-refractivity contribution in [3.05, 3.63) is 65.5 Å². The second kappa shape index (κ2) is 6.99. The molecule has 4 rings (SSSR count). The Morgan fingerprint density at radius 1 is 1.14 bits per heavy atom. The zero-order chi connectivity index (χ0) is 20.8. The highest BCUT2D eigenvalue weighted by molar-refractivity contribution is 6.16. The van der Waals surface area contributed by atoms with E-state index in [2.05, 4.69) is 5.32 Å². The molecule has 1 saturated heterocycles.